The average Bonchev–Trinajstić information content (AvgIpc) is 2.67. The van der Waals surface area contributed by atoms with Crippen molar-refractivity contribution in [3.8, 4) is 0 Å². The van der Waals surface area contributed by atoms with Crippen LogP contribution >= 0.6 is 0 Å². The smallest absolute Gasteiger partial charge is 0.242 e. The van der Waals surface area contributed by atoms with Crippen LogP contribution in [-0.2, 0) is 4.79 Å². The van der Waals surface area contributed by atoms with E-state index in [-0.39, 0.29) is 5.91 Å². The van der Waals surface area contributed by atoms with Crippen molar-refractivity contribution in [3.05, 3.63) is 11.5 Å². The van der Waals surface area contributed by atoms with Crippen molar-refractivity contribution < 1.29 is 9.32 Å². The first kappa shape index (κ1) is 14.9. The van der Waals surface area contributed by atoms with Gasteiger partial charge in [0.05, 0.1) is 6.54 Å². The van der Waals surface area contributed by atoms with Crippen LogP contribution < -0.4 is 4.90 Å². The Balaban J connectivity index is 2.01. The maximum absolute atomic E-state index is 12.5. The van der Waals surface area contributed by atoms with Gasteiger partial charge < -0.3 is 14.3 Å². The topological polar surface area (TPSA) is 49.6 Å². The fourth-order valence-electron chi connectivity index (χ4n) is 3.27. The van der Waals surface area contributed by atoms with Crippen LogP contribution in [0.3, 0.4) is 0 Å². The van der Waals surface area contributed by atoms with Crippen molar-refractivity contribution >= 4 is 11.6 Å². The van der Waals surface area contributed by atoms with E-state index in [1.807, 2.05) is 30.7 Å². The van der Waals surface area contributed by atoms with Gasteiger partial charge in [-0.2, -0.15) is 0 Å². The highest BCUT2D eigenvalue weighted by Gasteiger charge is 2.26. The predicted molar refractivity (Wildman–Crippen MR) is 78.8 cm³/mol. The molecular formula is C15H25N3O2. The molecule has 1 fully saturated rings. The number of amides is 1. The zero-order valence-corrected chi connectivity index (χ0v) is 13.1. The number of hydrogen-bond donors (Lipinski definition) is 0. The number of rotatable bonds is 3. The van der Waals surface area contributed by atoms with Crippen LogP contribution in [0.25, 0.3) is 0 Å². The number of nitrogens with zero attached hydrogens (tertiary/aromatic N) is 3. The fraction of sp³-hybridized carbons (Fsp3) is 0.733. The third-order valence-electron chi connectivity index (χ3n) is 3.97. The van der Waals surface area contributed by atoms with Gasteiger partial charge in [-0.15, -0.1) is 0 Å². The molecule has 1 aliphatic rings. The molecule has 1 amide bonds. The molecule has 0 aliphatic carbocycles. The van der Waals surface area contributed by atoms with E-state index < -0.39 is 0 Å². The Morgan fingerprint density at radius 2 is 1.95 bits per heavy atom. The highest BCUT2D eigenvalue weighted by atomic mass is 16.5. The number of anilines is 1. The minimum Gasteiger partial charge on any atom is -0.361 e. The summed E-state index contributed by atoms with van der Waals surface area (Å²) in [5, 5.41) is 3.94. The molecule has 2 unspecified atom stereocenters. The summed E-state index contributed by atoms with van der Waals surface area (Å²) in [4.78, 5) is 16.4. The van der Waals surface area contributed by atoms with E-state index in [0.29, 0.717) is 18.4 Å². The summed E-state index contributed by atoms with van der Waals surface area (Å²) in [5.41, 5.74) is 1.76. The van der Waals surface area contributed by atoms with E-state index in [1.165, 1.54) is 6.42 Å². The van der Waals surface area contributed by atoms with Gasteiger partial charge in [0.25, 0.3) is 0 Å². The van der Waals surface area contributed by atoms with Gasteiger partial charge in [0, 0.05) is 20.1 Å². The van der Waals surface area contributed by atoms with Gasteiger partial charge in [-0.25, -0.2) is 0 Å². The average molecular weight is 279 g/mol. The number of likely N-dealkylation sites (N-methyl/N-ethyl adjacent to an activating group) is 1. The molecule has 0 aromatic carbocycles. The number of aryl methyl sites for hydroxylation is 2. The van der Waals surface area contributed by atoms with E-state index in [4.69, 9.17) is 4.52 Å². The van der Waals surface area contributed by atoms with Gasteiger partial charge in [-0.3, -0.25) is 4.79 Å². The van der Waals surface area contributed by atoms with Crippen LogP contribution in [-0.4, -0.2) is 42.6 Å². The van der Waals surface area contributed by atoms with E-state index in [0.717, 1.165) is 30.2 Å². The summed E-state index contributed by atoms with van der Waals surface area (Å²) in [5.74, 6) is 2.13. The molecule has 2 rings (SSSR count). The highest BCUT2D eigenvalue weighted by molar-refractivity contribution is 5.81. The van der Waals surface area contributed by atoms with Crippen molar-refractivity contribution in [3.63, 3.8) is 0 Å². The molecule has 112 valence electrons. The Labute approximate surface area is 120 Å². The second-order valence-electron chi connectivity index (χ2n) is 6.27. The summed E-state index contributed by atoms with van der Waals surface area (Å²) in [6.07, 6.45) is 1.21. The van der Waals surface area contributed by atoms with Gasteiger partial charge >= 0.3 is 0 Å². The van der Waals surface area contributed by atoms with Gasteiger partial charge in [-0.1, -0.05) is 19.0 Å². The Kier molecular flexibility index (Phi) is 4.35. The largest absolute Gasteiger partial charge is 0.361 e. The number of carbonyl (C=O) groups is 1. The molecule has 5 heteroatoms. The van der Waals surface area contributed by atoms with Gasteiger partial charge in [0.1, 0.15) is 11.4 Å². The van der Waals surface area contributed by atoms with Crippen LogP contribution in [0.2, 0.25) is 0 Å². The van der Waals surface area contributed by atoms with Crippen LogP contribution in [0.5, 0.6) is 0 Å². The lowest BCUT2D eigenvalue weighted by Crippen LogP contribution is -2.46. The molecule has 2 atom stereocenters. The molecular weight excluding hydrogens is 254 g/mol. The molecule has 1 aliphatic heterocycles. The fourth-order valence-corrected chi connectivity index (χ4v) is 3.27. The van der Waals surface area contributed by atoms with Crippen molar-refractivity contribution in [1.29, 1.82) is 0 Å². The summed E-state index contributed by atoms with van der Waals surface area (Å²) in [7, 11) is 1.92. The van der Waals surface area contributed by atoms with E-state index in [1.54, 1.807) is 0 Å². The molecule has 0 bridgehead atoms. The number of aromatic nitrogens is 1. The monoisotopic (exact) mass is 279 g/mol. The van der Waals surface area contributed by atoms with Gasteiger partial charge in [0.2, 0.25) is 5.91 Å². The summed E-state index contributed by atoms with van der Waals surface area (Å²) < 4.78 is 5.16. The molecule has 1 aromatic heterocycles. The first-order valence-electron chi connectivity index (χ1n) is 7.30. The lowest BCUT2D eigenvalue weighted by Gasteiger charge is -2.36. The SMILES string of the molecule is Cc1noc(C)c1N(C)CC(=O)N1CC(C)CC(C)C1. The lowest BCUT2D eigenvalue weighted by atomic mass is 9.92. The molecule has 0 saturated carbocycles. The molecule has 20 heavy (non-hydrogen) atoms. The third-order valence-corrected chi connectivity index (χ3v) is 3.97. The van der Waals surface area contributed by atoms with Crippen molar-refractivity contribution in [1.82, 2.24) is 10.1 Å². The van der Waals surface area contributed by atoms with E-state index in [9.17, 15) is 4.79 Å². The number of hydrogen-bond acceptors (Lipinski definition) is 4. The maximum atomic E-state index is 12.5. The van der Waals surface area contributed by atoms with Crippen molar-refractivity contribution in [2.45, 2.75) is 34.1 Å². The molecule has 1 saturated heterocycles. The minimum absolute atomic E-state index is 0.186. The van der Waals surface area contributed by atoms with Crippen LogP contribution in [0, 0.1) is 25.7 Å². The first-order chi connectivity index (χ1) is 9.38. The first-order valence-corrected chi connectivity index (χ1v) is 7.30. The normalized spacial score (nSPS) is 22.9. The minimum atomic E-state index is 0.186. The van der Waals surface area contributed by atoms with Crippen LogP contribution in [0.15, 0.2) is 4.52 Å². The van der Waals surface area contributed by atoms with Crippen molar-refractivity contribution in [2.24, 2.45) is 11.8 Å². The Morgan fingerprint density at radius 3 is 2.45 bits per heavy atom. The Hall–Kier alpha value is -1.52. The maximum Gasteiger partial charge on any atom is 0.242 e. The second kappa shape index (κ2) is 5.85. The molecule has 5 nitrogen and oxygen atoms in total. The molecule has 0 spiro atoms. The standard InChI is InChI=1S/C15H25N3O2/c1-10-6-11(2)8-18(7-10)14(19)9-17(5)15-12(3)16-20-13(15)4/h10-11H,6-9H2,1-5H3. The predicted octanol–water partition coefficient (Wildman–Crippen LogP) is 2.23. The zero-order chi connectivity index (χ0) is 14.9. The summed E-state index contributed by atoms with van der Waals surface area (Å²) >= 11 is 0. The van der Waals surface area contributed by atoms with Crippen LogP contribution in [0.4, 0.5) is 5.69 Å². The number of carbonyl (C=O) groups excluding carboxylic acids is 1. The molecule has 1 aromatic rings. The Bertz CT molecular complexity index is 454. The number of likely N-dealkylation sites (tertiary alicyclic amines) is 1. The molecule has 0 N–H and O–H groups in total. The van der Waals surface area contributed by atoms with E-state index >= 15 is 0 Å². The van der Waals surface area contributed by atoms with Crippen LogP contribution in [0.1, 0.15) is 31.7 Å². The summed E-state index contributed by atoms with van der Waals surface area (Å²) in [6, 6.07) is 0. The second-order valence-corrected chi connectivity index (χ2v) is 6.27. The molecule has 2 heterocycles. The van der Waals surface area contributed by atoms with Gasteiger partial charge in [0.15, 0.2) is 5.76 Å². The quantitative estimate of drug-likeness (QED) is 0.851. The number of piperidine rings is 1. The molecule has 0 radical (unpaired) electrons. The van der Waals surface area contributed by atoms with E-state index in [2.05, 4.69) is 19.0 Å². The Morgan fingerprint density at radius 1 is 1.35 bits per heavy atom. The zero-order valence-electron chi connectivity index (χ0n) is 13.1. The lowest BCUT2D eigenvalue weighted by molar-refractivity contribution is -0.132. The third kappa shape index (κ3) is 3.14. The summed E-state index contributed by atoms with van der Waals surface area (Å²) in [6.45, 7) is 10.3. The van der Waals surface area contributed by atoms with Gasteiger partial charge in [-0.05, 0) is 32.1 Å². The van der Waals surface area contributed by atoms with Crippen molar-refractivity contribution in [2.75, 3.05) is 31.6 Å². The highest BCUT2D eigenvalue weighted by Crippen LogP contribution is 2.24.